The molecule has 0 atom stereocenters. The SMILES string of the molecule is O=C(Nc1nc(N2CCCCC2)n[nH]1)c1nn(-c2ccccc2)c2c1CCCCC2. The molecule has 1 aliphatic carbocycles. The number of carbonyl (C=O) groups is 1. The largest absolute Gasteiger partial charge is 0.340 e. The quantitative estimate of drug-likeness (QED) is 0.648. The molecule has 8 heteroatoms. The molecule has 1 fully saturated rings. The number of hydrogen-bond acceptors (Lipinski definition) is 5. The van der Waals surface area contributed by atoms with Crippen LogP contribution in [0.5, 0.6) is 0 Å². The summed E-state index contributed by atoms with van der Waals surface area (Å²) < 4.78 is 1.94. The van der Waals surface area contributed by atoms with Crippen LogP contribution in [0.3, 0.4) is 0 Å². The highest BCUT2D eigenvalue weighted by Crippen LogP contribution is 2.27. The van der Waals surface area contributed by atoms with Gasteiger partial charge in [0.1, 0.15) is 0 Å². The number of H-pyrrole nitrogens is 1. The summed E-state index contributed by atoms with van der Waals surface area (Å²) in [4.78, 5) is 19.8. The summed E-state index contributed by atoms with van der Waals surface area (Å²) in [6.45, 7) is 1.92. The number of anilines is 2. The fraction of sp³-hybridized carbons (Fsp3) is 0.455. The van der Waals surface area contributed by atoms with Crippen molar-refractivity contribution < 1.29 is 4.79 Å². The van der Waals surface area contributed by atoms with E-state index in [-0.39, 0.29) is 5.91 Å². The minimum absolute atomic E-state index is 0.232. The van der Waals surface area contributed by atoms with Crippen molar-refractivity contribution in [2.45, 2.75) is 51.4 Å². The fourth-order valence-electron chi connectivity index (χ4n) is 4.45. The molecular weight excluding hydrogens is 378 g/mol. The Labute approximate surface area is 175 Å². The van der Waals surface area contributed by atoms with Gasteiger partial charge in [0.25, 0.3) is 5.91 Å². The van der Waals surface area contributed by atoms with Gasteiger partial charge >= 0.3 is 0 Å². The molecule has 1 aromatic carbocycles. The van der Waals surface area contributed by atoms with Crippen LogP contribution in [0.4, 0.5) is 11.9 Å². The zero-order chi connectivity index (χ0) is 20.3. The maximum Gasteiger partial charge on any atom is 0.278 e. The number of carbonyl (C=O) groups excluding carboxylic acids is 1. The van der Waals surface area contributed by atoms with E-state index in [9.17, 15) is 4.79 Å². The van der Waals surface area contributed by atoms with E-state index in [1.54, 1.807) is 0 Å². The highest BCUT2D eigenvalue weighted by atomic mass is 16.2. The molecule has 2 N–H and O–H groups in total. The van der Waals surface area contributed by atoms with Gasteiger partial charge in [-0.1, -0.05) is 24.6 Å². The van der Waals surface area contributed by atoms with Gasteiger partial charge in [-0.2, -0.15) is 10.1 Å². The molecule has 3 aromatic rings. The molecule has 1 aliphatic heterocycles. The van der Waals surface area contributed by atoms with Gasteiger partial charge in [0, 0.05) is 24.3 Å². The first-order chi connectivity index (χ1) is 14.8. The molecule has 5 rings (SSSR count). The third-order valence-electron chi connectivity index (χ3n) is 5.99. The Morgan fingerprint density at radius 1 is 0.967 bits per heavy atom. The lowest BCUT2D eigenvalue weighted by Crippen LogP contribution is -2.30. The van der Waals surface area contributed by atoms with Gasteiger partial charge in [-0.05, 0) is 57.1 Å². The topological polar surface area (TPSA) is 91.7 Å². The predicted octanol–water partition coefficient (Wildman–Crippen LogP) is 3.50. The monoisotopic (exact) mass is 405 g/mol. The molecule has 1 saturated heterocycles. The van der Waals surface area contributed by atoms with Crippen molar-refractivity contribution in [1.82, 2.24) is 25.0 Å². The van der Waals surface area contributed by atoms with Crippen molar-refractivity contribution in [2.75, 3.05) is 23.3 Å². The Balaban J connectivity index is 1.42. The van der Waals surface area contributed by atoms with E-state index >= 15 is 0 Å². The van der Waals surface area contributed by atoms with Crippen LogP contribution in [-0.4, -0.2) is 44.0 Å². The van der Waals surface area contributed by atoms with Crippen LogP contribution >= 0.6 is 0 Å². The van der Waals surface area contributed by atoms with Crippen LogP contribution < -0.4 is 10.2 Å². The van der Waals surface area contributed by atoms with E-state index in [0.717, 1.165) is 68.6 Å². The minimum atomic E-state index is -0.232. The van der Waals surface area contributed by atoms with E-state index in [1.807, 2.05) is 35.0 Å². The molecule has 0 bridgehead atoms. The Bertz CT molecular complexity index is 1020. The normalized spacial score (nSPS) is 16.7. The van der Waals surface area contributed by atoms with Crippen molar-refractivity contribution in [2.24, 2.45) is 0 Å². The number of nitrogens with zero attached hydrogens (tertiary/aromatic N) is 5. The lowest BCUT2D eigenvalue weighted by atomic mass is 10.1. The number of nitrogens with one attached hydrogen (secondary N) is 2. The van der Waals surface area contributed by atoms with E-state index in [4.69, 9.17) is 5.10 Å². The number of aromatic amines is 1. The standard InChI is InChI=1S/C22H27N7O/c30-20(23-21-24-22(26-25-21)28-14-8-3-9-15-28)19-17-12-6-2-7-13-18(17)29(27-19)16-10-4-1-5-11-16/h1,4-5,10-11H,2-3,6-9,12-15H2,(H2,23,24,25,26,30). The summed E-state index contributed by atoms with van der Waals surface area (Å²) in [5.41, 5.74) is 3.69. The third kappa shape index (κ3) is 3.69. The number of fused-ring (bicyclic) bond motifs is 1. The van der Waals surface area contributed by atoms with Gasteiger partial charge in [0.05, 0.1) is 5.69 Å². The molecule has 0 radical (unpaired) electrons. The zero-order valence-corrected chi connectivity index (χ0v) is 17.1. The number of rotatable bonds is 4. The maximum atomic E-state index is 13.1. The average molecular weight is 406 g/mol. The summed E-state index contributed by atoms with van der Waals surface area (Å²) in [7, 11) is 0. The second-order valence-electron chi connectivity index (χ2n) is 8.07. The van der Waals surface area contributed by atoms with Gasteiger partial charge < -0.3 is 4.90 Å². The summed E-state index contributed by atoms with van der Waals surface area (Å²) in [6.07, 6.45) is 8.74. The van der Waals surface area contributed by atoms with Crippen molar-refractivity contribution in [3.05, 3.63) is 47.3 Å². The average Bonchev–Trinajstić information content (AvgIpc) is 3.32. The third-order valence-corrected chi connectivity index (χ3v) is 5.99. The molecular formula is C22H27N7O. The van der Waals surface area contributed by atoms with Gasteiger partial charge in [0.2, 0.25) is 11.9 Å². The lowest BCUT2D eigenvalue weighted by Gasteiger charge is -2.24. The van der Waals surface area contributed by atoms with E-state index in [1.165, 1.54) is 12.8 Å². The first kappa shape index (κ1) is 18.8. The Morgan fingerprint density at radius 2 is 1.73 bits per heavy atom. The molecule has 0 unspecified atom stereocenters. The first-order valence-electron chi connectivity index (χ1n) is 10.9. The maximum absolute atomic E-state index is 13.1. The van der Waals surface area contributed by atoms with Crippen molar-refractivity contribution >= 4 is 17.8 Å². The first-order valence-corrected chi connectivity index (χ1v) is 10.9. The molecule has 2 aliphatic rings. The van der Waals surface area contributed by atoms with Crippen LogP contribution in [0.25, 0.3) is 5.69 Å². The molecule has 30 heavy (non-hydrogen) atoms. The molecule has 3 heterocycles. The Hall–Kier alpha value is -3.16. The molecule has 1 amide bonds. The zero-order valence-electron chi connectivity index (χ0n) is 17.1. The van der Waals surface area contributed by atoms with Crippen molar-refractivity contribution in [1.29, 1.82) is 0 Å². The van der Waals surface area contributed by atoms with Gasteiger partial charge in [-0.15, -0.1) is 5.10 Å². The number of amides is 1. The van der Waals surface area contributed by atoms with Crippen molar-refractivity contribution in [3.8, 4) is 5.69 Å². The highest BCUT2D eigenvalue weighted by Gasteiger charge is 2.25. The predicted molar refractivity (Wildman–Crippen MR) is 115 cm³/mol. The van der Waals surface area contributed by atoms with Crippen LogP contribution in [0, 0.1) is 0 Å². The summed E-state index contributed by atoms with van der Waals surface area (Å²) >= 11 is 0. The molecule has 0 saturated carbocycles. The lowest BCUT2D eigenvalue weighted by molar-refractivity contribution is 0.102. The number of hydrogen-bond donors (Lipinski definition) is 2. The van der Waals surface area contributed by atoms with E-state index in [0.29, 0.717) is 17.6 Å². The van der Waals surface area contributed by atoms with Crippen LogP contribution in [-0.2, 0) is 12.8 Å². The van der Waals surface area contributed by atoms with Crippen LogP contribution in [0.15, 0.2) is 30.3 Å². The Kier molecular flexibility index (Phi) is 5.21. The number of aromatic nitrogens is 5. The summed E-state index contributed by atoms with van der Waals surface area (Å²) in [5, 5.41) is 14.8. The number of piperidine rings is 1. The number of para-hydroxylation sites is 1. The van der Waals surface area contributed by atoms with Crippen LogP contribution in [0.2, 0.25) is 0 Å². The number of benzene rings is 1. The summed E-state index contributed by atoms with van der Waals surface area (Å²) in [5.74, 6) is 0.792. The Morgan fingerprint density at radius 3 is 2.57 bits per heavy atom. The molecule has 2 aromatic heterocycles. The smallest absolute Gasteiger partial charge is 0.278 e. The summed E-state index contributed by atoms with van der Waals surface area (Å²) in [6, 6.07) is 10.0. The van der Waals surface area contributed by atoms with Gasteiger partial charge in [-0.25, -0.2) is 9.78 Å². The highest BCUT2D eigenvalue weighted by molar-refractivity contribution is 6.03. The fourth-order valence-corrected chi connectivity index (χ4v) is 4.45. The van der Waals surface area contributed by atoms with Gasteiger partial charge in [-0.3, -0.25) is 10.1 Å². The minimum Gasteiger partial charge on any atom is -0.340 e. The van der Waals surface area contributed by atoms with E-state index in [2.05, 4.69) is 25.4 Å². The second kappa shape index (κ2) is 8.30. The van der Waals surface area contributed by atoms with Crippen molar-refractivity contribution in [3.63, 3.8) is 0 Å². The second-order valence-corrected chi connectivity index (χ2v) is 8.07. The van der Waals surface area contributed by atoms with E-state index < -0.39 is 0 Å². The molecule has 156 valence electrons. The molecule has 0 spiro atoms. The van der Waals surface area contributed by atoms with Crippen LogP contribution in [0.1, 0.15) is 60.3 Å². The van der Waals surface area contributed by atoms with Gasteiger partial charge in [0.15, 0.2) is 5.69 Å². The molecule has 8 nitrogen and oxygen atoms in total.